The number of amides is 1. The number of ether oxygens (including phenoxy) is 1. The van der Waals surface area contributed by atoms with Gasteiger partial charge in [-0.25, -0.2) is 13.2 Å². The third kappa shape index (κ3) is 3.70. The summed E-state index contributed by atoms with van der Waals surface area (Å²) >= 11 is 0. The highest BCUT2D eigenvalue weighted by Crippen LogP contribution is 2.33. The molecule has 2 aliphatic rings. The minimum Gasteiger partial charge on any atom is -0.465 e. The number of esters is 1. The van der Waals surface area contributed by atoms with Crippen LogP contribution in [0.25, 0.3) is 0 Å². The van der Waals surface area contributed by atoms with E-state index in [9.17, 15) is 18.0 Å². The Bertz CT molecular complexity index is 1060. The topological polar surface area (TPSA) is 96.9 Å². The van der Waals surface area contributed by atoms with E-state index in [4.69, 9.17) is 4.74 Å². The van der Waals surface area contributed by atoms with Crippen LogP contribution in [-0.4, -0.2) is 56.3 Å². The zero-order valence-corrected chi connectivity index (χ0v) is 17.5. The number of aromatic nitrogens is 1. The molecule has 0 bridgehead atoms. The molecular formula is C21H23N3O5S. The maximum absolute atomic E-state index is 13.1. The number of fused-ring (bicyclic) bond motifs is 1. The van der Waals surface area contributed by atoms with Crippen LogP contribution in [0.2, 0.25) is 0 Å². The predicted molar refractivity (Wildman–Crippen MR) is 110 cm³/mol. The summed E-state index contributed by atoms with van der Waals surface area (Å²) in [6.45, 7) is 1.16. The summed E-state index contributed by atoms with van der Waals surface area (Å²) in [7, 11) is -2.25. The zero-order valence-electron chi connectivity index (χ0n) is 16.7. The summed E-state index contributed by atoms with van der Waals surface area (Å²) in [6.07, 6.45) is 4.51. The van der Waals surface area contributed by atoms with E-state index in [-0.39, 0.29) is 16.7 Å². The van der Waals surface area contributed by atoms with Crippen LogP contribution >= 0.6 is 0 Å². The third-order valence-corrected chi connectivity index (χ3v) is 7.62. The Balaban J connectivity index is 1.43. The Morgan fingerprint density at radius 2 is 1.90 bits per heavy atom. The lowest BCUT2D eigenvalue weighted by atomic mass is 9.96. The smallest absolute Gasteiger partial charge is 0.337 e. The highest BCUT2D eigenvalue weighted by Gasteiger charge is 2.36. The van der Waals surface area contributed by atoms with Gasteiger partial charge in [-0.3, -0.25) is 9.78 Å². The Hall–Kier alpha value is -2.78. The molecule has 2 aliphatic heterocycles. The Labute approximate surface area is 175 Å². The van der Waals surface area contributed by atoms with Gasteiger partial charge >= 0.3 is 5.97 Å². The molecule has 8 nitrogen and oxygen atoms in total. The zero-order chi connectivity index (χ0) is 21.3. The Morgan fingerprint density at radius 1 is 1.13 bits per heavy atom. The number of pyridine rings is 1. The first-order chi connectivity index (χ1) is 14.4. The summed E-state index contributed by atoms with van der Waals surface area (Å²) in [5.41, 5.74) is 2.24. The van der Waals surface area contributed by atoms with E-state index >= 15 is 0 Å². The van der Waals surface area contributed by atoms with Gasteiger partial charge in [0.2, 0.25) is 15.9 Å². The second kappa shape index (κ2) is 8.16. The molecule has 1 aromatic heterocycles. The van der Waals surface area contributed by atoms with Crippen molar-refractivity contribution in [2.75, 3.05) is 31.6 Å². The fraction of sp³-hybridized carbons (Fsp3) is 0.381. The van der Waals surface area contributed by atoms with Crippen molar-refractivity contribution in [1.82, 2.24) is 9.29 Å². The Kier molecular flexibility index (Phi) is 5.57. The normalized spacial score (nSPS) is 17.6. The molecule has 1 fully saturated rings. The molecule has 3 heterocycles. The van der Waals surface area contributed by atoms with Crippen LogP contribution in [0.15, 0.2) is 47.6 Å². The molecule has 1 saturated heterocycles. The molecule has 4 rings (SSSR count). The fourth-order valence-electron chi connectivity index (χ4n) is 4.09. The number of anilines is 1. The minimum atomic E-state index is -3.59. The van der Waals surface area contributed by atoms with Gasteiger partial charge < -0.3 is 9.64 Å². The molecule has 0 aliphatic carbocycles. The van der Waals surface area contributed by atoms with Crippen molar-refractivity contribution >= 4 is 27.6 Å². The van der Waals surface area contributed by atoms with Crippen LogP contribution in [0.1, 0.15) is 28.8 Å². The number of carbonyl (C=O) groups excluding carboxylic acids is 2. The molecule has 0 unspecified atom stereocenters. The van der Waals surface area contributed by atoms with Crippen molar-refractivity contribution in [2.24, 2.45) is 5.92 Å². The average molecular weight is 429 g/mol. The molecule has 158 valence electrons. The lowest BCUT2D eigenvalue weighted by Crippen LogP contribution is -2.44. The van der Waals surface area contributed by atoms with E-state index < -0.39 is 16.0 Å². The van der Waals surface area contributed by atoms with Gasteiger partial charge in [-0.1, -0.05) is 0 Å². The minimum absolute atomic E-state index is 0.0120. The fourth-order valence-corrected chi connectivity index (χ4v) is 5.52. The van der Waals surface area contributed by atoms with Gasteiger partial charge in [-0.2, -0.15) is 4.31 Å². The molecule has 1 aromatic carbocycles. The molecule has 9 heteroatoms. The molecule has 0 spiro atoms. The van der Waals surface area contributed by atoms with Gasteiger partial charge in [0.25, 0.3) is 0 Å². The summed E-state index contributed by atoms with van der Waals surface area (Å²) in [5, 5.41) is 0. The summed E-state index contributed by atoms with van der Waals surface area (Å²) in [4.78, 5) is 30.7. The quantitative estimate of drug-likeness (QED) is 0.689. The number of nitrogens with zero attached hydrogens (tertiary/aromatic N) is 3. The van der Waals surface area contributed by atoms with Gasteiger partial charge in [0, 0.05) is 43.6 Å². The maximum Gasteiger partial charge on any atom is 0.337 e. The number of benzene rings is 1. The first-order valence-corrected chi connectivity index (χ1v) is 11.3. The molecule has 0 saturated carbocycles. The second-order valence-electron chi connectivity index (χ2n) is 7.44. The molecule has 0 N–H and O–H groups in total. The number of carbonyl (C=O) groups is 2. The van der Waals surface area contributed by atoms with Gasteiger partial charge in [0.1, 0.15) is 4.90 Å². The van der Waals surface area contributed by atoms with Crippen molar-refractivity contribution in [1.29, 1.82) is 0 Å². The maximum atomic E-state index is 13.1. The van der Waals surface area contributed by atoms with Gasteiger partial charge in [0.05, 0.1) is 12.7 Å². The van der Waals surface area contributed by atoms with E-state index in [0.29, 0.717) is 44.5 Å². The lowest BCUT2D eigenvalue weighted by molar-refractivity contribution is -0.123. The number of hydrogen-bond donors (Lipinski definition) is 0. The number of methoxy groups -OCH3 is 1. The van der Waals surface area contributed by atoms with E-state index in [1.807, 2.05) is 0 Å². The molecular weight excluding hydrogens is 406 g/mol. The summed E-state index contributed by atoms with van der Waals surface area (Å²) < 4.78 is 31.7. The van der Waals surface area contributed by atoms with Crippen LogP contribution in [0.3, 0.4) is 0 Å². The SMILES string of the molecule is COC(=O)c1ccc2c(c1)CCN2C(=O)C1CCN(S(=O)(=O)c2cccnc2)CC1. The molecule has 0 radical (unpaired) electrons. The Morgan fingerprint density at radius 3 is 2.57 bits per heavy atom. The van der Waals surface area contributed by atoms with Crippen LogP contribution in [0.4, 0.5) is 5.69 Å². The first kappa shape index (κ1) is 20.5. The second-order valence-corrected chi connectivity index (χ2v) is 9.38. The average Bonchev–Trinajstić information content (AvgIpc) is 3.22. The number of sulfonamides is 1. The largest absolute Gasteiger partial charge is 0.465 e. The van der Waals surface area contributed by atoms with E-state index in [1.165, 1.54) is 29.9 Å². The lowest BCUT2D eigenvalue weighted by Gasteiger charge is -2.32. The van der Waals surface area contributed by atoms with Gasteiger partial charge in [-0.15, -0.1) is 0 Å². The number of hydrogen-bond acceptors (Lipinski definition) is 6. The van der Waals surface area contributed by atoms with E-state index in [2.05, 4.69) is 4.98 Å². The van der Waals surface area contributed by atoms with E-state index in [1.54, 1.807) is 29.2 Å². The monoisotopic (exact) mass is 429 g/mol. The molecule has 2 aromatic rings. The van der Waals surface area contributed by atoms with Gasteiger partial charge in [-0.05, 0) is 55.2 Å². The first-order valence-electron chi connectivity index (χ1n) is 9.84. The van der Waals surface area contributed by atoms with Crippen molar-refractivity contribution < 1.29 is 22.7 Å². The van der Waals surface area contributed by atoms with Crippen molar-refractivity contribution in [3.63, 3.8) is 0 Å². The predicted octanol–water partition coefficient (Wildman–Crippen LogP) is 1.86. The molecule has 1 amide bonds. The van der Waals surface area contributed by atoms with Crippen molar-refractivity contribution in [3.05, 3.63) is 53.9 Å². The van der Waals surface area contributed by atoms with Crippen LogP contribution in [0, 0.1) is 5.92 Å². The molecule has 30 heavy (non-hydrogen) atoms. The summed E-state index contributed by atoms with van der Waals surface area (Å²) in [5.74, 6) is -0.612. The highest BCUT2D eigenvalue weighted by atomic mass is 32.2. The van der Waals surface area contributed by atoms with Crippen LogP contribution in [-0.2, 0) is 26.0 Å². The van der Waals surface area contributed by atoms with Crippen molar-refractivity contribution in [3.8, 4) is 0 Å². The van der Waals surface area contributed by atoms with Crippen LogP contribution < -0.4 is 4.90 Å². The van der Waals surface area contributed by atoms with Crippen molar-refractivity contribution in [2.45, 2.75) is 24.2 Å². The highest BCUT2D eigenvalue weighted by molar-refractivity contribution is 7.89. The number of rotatable bonds is 4. The summed E-state index contributed by atoms with van der Waals surface area (Å²) in [6, 6.07) is 8.36. The standard InChI is InChI=1S/C21H23N3O5S/c1-29-21(26)17-4-5-19-16(13-17)8-12-24(19)20(25)15-6-10-23(11-7-15)30(27,28)18-3-2-9-22-14-18/h2-5,9,13-15H,6-8,10-12H2,1H3. The number of piperidine rings is 1. The molecule has 0 atom stereocenters. The van der Waals surface area contributed by atoms with E-state index in [0.717, 1.165) is 11.3 Å². The third-order valence-electron chi connectivity index (χ3n) is 5.74. The van der Waals surface area contributed by atoms with Crippen LogP contribution in [0.5, 0.6) is 0 Å². The van der Waals surface area contributed by atoms with Gasteiger partial charge in [0.15, 0.2) is 0 Å².